The summed E-state index contributed by atoms with van der Waals surface area (Å²) in [5.74, 6) is -0.844. The van der Waals surface area contributed by atoms with E-state index in [0.717, 1.165) is 24.0 Å². The van der Waals surface area contributed by atoms with E-state index in [1.165, 1.54) is 4.90 Å². The first-order valence-electron chi connectivity index (χ1n) is 10.5. The molecule has 4 rings (SSSR count). The molecule has 1 amide bonds. The van der Waals surface area contributed by atoms with Crippen LogP contribution in [0.15, 0.2) is 66.7 Å². The predicted octanol–water partition coefficient (Wildman–Crippen LogP) is 5.95. The summed E-state index contributed by atoms with van der Waals surface area (Å²) >= 11 is 12.2. The Morgan fingerprint density at radius 3 is 2.22 bits per heavy atom. The molecule has 0 saturated carbocycles. The number of hydrogen-bond acceptors (Lipinski definition) is 3. The minimum absolute atomic E-state index is 0.243. The molecule has 164 valence electrons. The maximum absolute atomic E-state index is 13.4. The zero-order valence-corrected chi connectivity index (χ0v) is 19.2. The molecule has 0 spiro atoms. The van der Waals surface area contributed by atoms with Crippen LogP contribution in [-0.2, 0) is 23.4 Å². The Bertz CT molecular complexity index is 1160. The third kappa shape index (κ3) is 4.31. The summed E-state index contributed by atoms with van der Waals surface area (Å²) in [6.45, 7) is 2.34. The summed E-state index contributed by atoms with van der Waals surface area (Å²) < 4.78 is 0. The molecule has 1 N–H and O–H groups in total. The van der Waals surface area contributed by atoms with Crippen LogP contribution in [0.3, 0.4) is 0 Å². The van der Waals surface area contributed by atoms with Crippen LogP contribution in [0.4, 0.5) is 5.69 Å². The van der Waals surface area contributed by atoms with Crippen molar-refractivity contribution in [3.8, 4) is 0 Å². The van der Waals surface area contributed by atoms with Gasteiger partial charge in [0.2, 0.25) is 0 Å². The molecule has 1 unspecified atom stereocenters. The second-order valence-electron chi connectivity index (χ2n) is 8.09. The van der Waals surface area contributed by atoms with Crippen LogP contribution in [0.5, 0.6) is 0 Å². The third-order valence-electron chi connectivity index (χ3n) is 5.78. The number of amides is 1. The van der Waals surface area contributed by atoms with Gasteiger partial charge in [0.05, 0.1) is 18.7 Å². The number of anilines is 1. The molecule has 6 heteroatoms. The Balaban J connectivity index is 1.65. The lowest BCUT2D eigenvalue weighted by Crippen LogP contribution is -2.41. The summed E-state index contributed by atoms with van der Waals surface area (Å²) in [7, 11) is 0. The fourth-order valence-electron chi connectivity index (χ4n) is 4.10. The maximum Gasteiger partial charge on any atom is 0.264 e. The normalized spacial score (nSPS) is 17.5. The van der Waals surface area contributed by atoms with Gasteiger partial charge in [0.15, 0.2) is 11.4 Å². The van der Waals surface area contributed by atoms with E-state index in [1.807, 2.05) is 24.3 Å². The number of halogens is 2. The molecule has 0 bridgehead atoms. The van der Waals surface area contributed by atoms with E-state index < -0.39 is 11.5 Å². The number of hydrogen-bond donors (Lipinski definition) is 1. The van der Waals surface area contributed by atoms with Crippen molar-refractivity contribution in [1.82, 2.24) is 0 Å². The molecule has 0 aromatic heterocycles. The molecule has 0 saturated heterocycles. The van der Waals surface area contributed by atoms with E-state index in [4.69, 9.17) is 23.2 Å². The van der Waals surface area contributed by atoms with Gasteiger partial charge in [-0.3, -0.25) is 9.59 Å². The second kappa shape index (κ2) is 9.07. The monoisotopic (exact) mass is 467 g/mol. The Morgan fingerprint density at radius 1 is 0.938 bits per heavy atom. The third-order valence-corrected chi connectivity index (χ3v) is 6.27. The number of nitrogens with zero attached hydrogens (tertiary/aromatic N) is 1. The molecule has 1 aliphatic rings. The molecule has 0 radical (unpaired) electrons. The highest BCUT2D eigenvalue weighted by molar-refractivity contribution is 6.31. The summed E-state index contributed by atoms with van der Waals surface area (Å²) in [6, 6.07) is 19.4. The molecule has 4 nitrogen and oxygen atoms in total. The number of aliphatic hydroxyl groups is 1. The van der Waals surface area contributed by atoms with Crippen LogP contribution >= 0.6 is 23.2 Å². The Hall–Kier alpha value is -2.66. The zero-order valence-electron chi connectivity index (χ0n) is 17.6. The quantitative estimate of drug-likeness (QED) is 0.436. The summed E-state index contributed by atoms with van der Waals surface area (Å²) in [6.07, 6.45) is 1.59. The fourth-order valence-corrected chi connectivity index (χ4v) is 4.40. The van der Waals surface area contributed by atoms with E-state index in [2.05, 4.69) is 6.92 Å². The average Bonchev–Trinajstić information content (AvgIpc) is 2.97. The Kier molecular flexibility index (Phi) is 6.38. The molecule has 1 atom stereocenters. The van der Waals surface area contributed by atoms with E-state index in [0.29, 0.717) is 26.9 Å². The van der Waals surface area contributed by atoms with Crippen LogP contribution < -0.4 is 4.90 Å². The van der Waals surface area contributed by atoms with Gasteiger partial charge in [-0.15, -0.1) is 0 Å². The van der Waals surface area contributed by atoms with E-state index >= 15 is 0 Å². The van der Waals surface area contributed by atoms with Crippen molar-refractivity contribution in [2.75, 3.05) is 4.90 Å². The number of rotatable bonds is 7. The lowest BCUT2D eigenvalue weighted by Gasteiger charge is -2.23. The number of benzene rings is 3. The van der Waals surface area contributed by atoms with Crippen LogP contribution in [0, 0.1) is 0 Å². The number of ketones is 1. The molecule has 3 aromatic carbocycles. The number of Topliss-reactive ketones (excluding diaryl/α,β-unsaturated/α-hetero) is 1. The zero-order chi connectivity index (χ0) is 22.9. The first-order chi connectivity index (χ1) is 15.3. The van der Waals surface area contributed by atoms with Gasteiger partial charge in [0, 0.05) is 21.2 Å². The van der Waals surface area contributed by atoms with Crippen LogP contribution in [0.25, 0.3) is 0 Å². The lowest BCUT2D eigenvalue weighted by atomic mass is 9.88. The fraction of sp³-hybridized carbons (Fsp3) is 0.231. The standard InChI is InChI=1S/C26H23Cl2NO3/c1-2-3-17-4-8-19(9-5-17)24(30)15-26(32)22-14-21(28)12-13-23(22)29(25(26)31)16-18-6-10-20(27)11-7-18/h4-14,32H,2-3,15-16H2,1H3. The van der Waals surface area contributed by atoms with Crippen molar-refractivity contribution in [3.63, 3.8) is 0 Å². The second-order valence-corrected chi connectivity index (χ2v) is 8.96. The number of carbonyl (C=O) groups excluding carboxylic acids is 2. The summed E-state index contributed by atoms with van der Waals surface area (Å²) in [5.41, 5.74) is 1.37. The maximum atomic E-state index is 13.4. The molecule has 32 heavy (non-hydrogen) atoms. The minimum Gasteiger partial charge on any atom is -0.375 e. The average molecular weight is 468 g/mol. The Labute approximate surface area is 197 Å². The highest BCUT2D eigenvalue weighted by atomic mass is 35.5. The SMILES string of the molecule is CCCc1ccc(C(=O)CC2(O)C(=O)N(Cc3ccc(Cl)cc3)c3ccc(Cl)cc32)cc1. The lowest BCUT2D eigenvalue weighted by molar-refractivity contribution is -0.136. The van der Waals surface area contributed by atoms with E-state index in [-0.39, 0.29) is 18.7 Å². The van der Waals surface area contributed by atoms with Gasteiger partial charge in [-0.1, -0.05) is 72.9 Å². The number of fused-ring (bicyclic) bond motifs is 1. The van der Waals surface area contributed by atoms with Crippen LogP contribution in [-0.4, -0.2) is 16.8 Å². The summed E-state index contributed by atoms with van der Waals surface area (Å²) in [4.78, 5) is 28.0. The van der Waals surface area contributed by atoms with Crippen LogP contribution in [0.2, 0.25) is 10.0 Å². The van der Waals surface area contributed by atoms with E-state index in [1.54, 1.807) is 42.5 Å². The highest BCUT2D eigenvalue weighted by Gasteiger charge is 2.51. The van der Waals surface area contributed by atoms with Crippen molar-refractivity contribution in [2.45, 2.75) is 38.3 Å². The van der Waals surface area contributed by atoms with Gasteiger partial charge < -0.3 is 10.0 Å². The highest BCUT2D eigenvalue weighted by Crippen LogP contribution is 2.44. The first kappa shape index (κ1) is 22.5. The van der Waals surface area contributed by atoms with Gasteiger partial charge in [-0.2, -0.15) is 0 Å². The smallest absolute Gasteiger partial charge is 0.264 e. The molecule has 0 fully saturated rings. The van der Waals surface area contributed by atoms with Gasteiger partial charge in [-0.25, -0.2) is 0 Å². The Morgan fingerprint density at radius 2 is 1.56 bits per heavy atom. The van der Waals surface area contributed by atoms with Gasteiger partial charge >= 0.3 is 0 Å². The van der Waals surface area contributed by atoms with Gasteiger partial charge in [-0.05, 0) is 47.9 Å². The van der Waals surface area contributed by atoms with Crippen molar-refractivity contribution < 1.29 is 14.7 Å². The van der Waals surface area contributed by atoms with Crippen molar-refractivity contribution in [1.29, 1.82) is 0 Å². The van der Waals surface area contributed by atoms with Crippen molar-refractivity contribution in [2.24, 2.45) is 0 Å². The predicted molar refractivity (Wildman–Crippen MR) is 127 cm³/mol. The molecule has 1 heterocycles. The topological polar surface area (TPSA) is 57.6 Å². The molecular weight excluding hydrogens is 445 g/mol. The minimum atomic E-state index is -1.98. The molecule has 3 aromatic rings. The van der Waals surface area contributed by atoms with Crippen molar-refractivity contribution >= 4 is 40.6 Å². The van der Waals surface area contributed by atoms with Crippen LogP contribution in [0.1, 0.15) is 46.8 Å². The number of carbonyl (C=O) groups is 2. The van der Waals surface area contributed by atoms with Crippen molar-refractivity contribution in [3.05, 3.63) is 99.0 Å². The summed E-state index contributed by atoms with van der Waals surface area (Å²) in [5, 5.41) is 12.5. The molecule has 1 aliphatic heterocycles. The number of aryl methyl sites for hydroxylation is 1. The first-order valence-corrected chi connectivity index (χ1v) is 11.3. The molecular formula is C26H23Cl2NO3. The van der Waals surface area contributed by atoms with Gasteiger partial charge in [0.1, 0.15) is 0 Å². The largest absolute Gasteiger partial charge is 0.375 e. The van der Waals surface area contributed by atoms with E-state index in [9.17, 15) is 14.7 Å². The molecule has 0 aliphatic carbocycles. The van der Waals surface area contributed by atoms with Gasteiger partial charge in [0.25, 0.3) is 5.91 Å².